The Morgan fingerprint density at radius 3 is 2.53 bits per heavy atom. The smallest absolute Gasteiger partial charge is 0.410 e. The Kier molecular flexibility index (Phi) is 6.17. The van der Waals surface area contributed by atoms with E-state index < -0.39 is 21.3 Å². The van der Waals surface area contributed by atoms with Crippen LogP contribution in [0.15, 0.2) is 29.4 Å². The monoisotopic (exact) mass is 493 g/mol. The van der Waals surface area contributed by atoms with Crippen molar-refractivity contribution in [1.82, 2.24) is 14.9 Å². The number of amides is 1. The number of ether oxygens (including phenoxy) is 3. The maximum absolute atomic E-state index is 14.5. The molecule has 184 valence electrons. The van der Waals surface area contributed by atoms with Crippen LogP contribution in [-0.2, 0) is 14.6 Å². The normalized spacial score (nSPS) is 22.1. The highest BCUT2D eigenvalue weighted by atomic mass is 32.2. The summed E-state index contributed by atoms with van der Waals surface area (Å²) in [5.74, 6) is -0.635. The zero-order valence-corrected chi connectivity index (χ0v) is 20.6. The zero-order chi connectivity index (χ0) is 24.8. The largest absolute Gasteiger partial charge is 0.472 e. The number of carbonyl (C=O) groups is 1. The van der Waals surface area contributed by atoms with Crippen molar-refractivity contribution >= 4 is 15.9 Å². The second-order valence-electron chi connectivity index (χ2n) is 9.65. The lowest BCUT2D eigenvalue weighted by Crippen LogP contribution is -2.42. The van der Waals surface area contributed by atoms with Gasteiger partial charge >= 0.3 is 6.09 Å². The number of rotatable bonds is 5. The topological polar surface area (TPSA) is 108 Å². The van der Waals surface area contributed by atoms with Crippen molar-refractivity contribution in [3.05, 3.63) is 35.9 Å². The summed E-state index contributed by atoms with van der Waals surface area (Å²) in [6.45, 7) is 7.19. The van der Waals surface area contributed by atoms with Gasteiger partial charge in [0.25, 0.3) is 0 Å². The number of sulfone groups is 1. The fraction of sp³-hybridized carbons (Fsp3) is 0.522. The number of aromatic nitrogens is 2. The molecule has 0 spiro atoms. The number of fused-ring (bicyclic) bond motifs is 2. The van der Waals surface area contributed by atoms with Gasteiger partial charge in [-0.2, -0.15) is 0 Å². The third-order valence-electron chi connectivity index (χ3n) is 5.88. The molecular weight excluding hydrogens is 465 g/mol. The predicted octanol–water partition coefficient (Wildman–Crippen LogP) is 4.04. The lowest BCUT2D eigenvalue weighted by molar-refractivity contribution is 0.0180. The second-order valence-corrected chi connectivity index (χ2v) is 11.7. The molecule has 0 N–H and O–H groups in total. The van der Waals surface area contributed by atoms with Gasteiger partial charge in [0.05, 0.1) is 16.5 Å². The van der Waals surface area contributed by atoms with Crippen molar-refractivity contribution in [2.45, 2.75) is 75.6 Å². The molecule has 0 aliphatic carbocycles. The Bertz CT molecular complexity index is 1210. The van der Waals surface area contributed by atoms with E-state index in [1.165, 1.54) is 18.5 Å². The Hall–Kier alpha value is -2.95. The average molecular weight is 494 g/mol. The molecule has 9 nitrogen and oxygen atoms in total. The lowest BCUT2D eigenvalue weighted by Gasteiger charge is -2.28. The van der Waals surface area contributed by atoms with Crippen molar-refractivity contribution in [3.8, 4) is 17.5 Å². The highest BCUT2D eigenvalue weighted by Gasteiger charge is 2.51. The summed E-state index contributed by atoms with van der Waals surface area (Å²) in [5, 5.41) is 0. The van der Waals surface area contributed by atoms with E-state index in [0.717, 1.165) is 25.2 Å². The van der Waals surface area contributed by atoms with E-state index in [1.807, 2.05) is 20.8 Å². The number of hydrogen-bond donors (Lipinski definition) is 0. The minimum Gasteiger partial charge on any atom is -0.472 e. The fourth-order valence-electron chi connectivity index (χ4n) is 4.34. The standard InChI is InChI=1S/C23H28FN3O6S/c1-13-20(31-18-9-7-15(11-16(18)24)34(5,29)30)25-12-26-21(13)32-19-10-14-6-8-17(19)27(14)22(28)33-23(2,3)4/h7,9,11-12,14,17,19H,6,8,10H2,1-5H3. The summed E-state index contributed by atoms with van der Waals surface area (Å²) in [7, 11) is -3.55. The van der Waals surface area contributed by atoms with Crippen LogP contribution in [0.4, 0.5) is 9.18 Å². The summed E-state index contributed by atoms with van der Waals surface area (Å²) < 4.78 is 55.0. The number of hydrogen-bond acceptors (Lipinski definition) is 8. The number of nitrogens with zero attached hydrogens (tertiary/aromatic N) is 3. The van der Waals surface area contributed by atoms with Crippen molar-refractivity contribution in [3.63, 3.8) is 0 Å². The molecule has 2 saturated heterocycles. The van der Waals surface area contributed by atoms with Gasteiger partial charge in [-0.1, -0.05) is 0 Å². The molecule has 2 aromatic rings. The number of halogens is 1. The van der Waals surface area contributed by atoms with Gasteiger partial charge in [0, 0.05) is 18.7 Å². The summed E-state index contributed by atoms with van der Waals surface area (Å²) >= 11 is 0. The van der Waals surface area contributed by atoms with Crippen molar-refractivity contribution < 1.29 is 31.8 Å². The first-order chi connectivity index (χ1) is 15.8. The van der Waals surface area contributed by atoms with Crippen LogP contribution in [0.25, 0.3) is 0 Å². The van der Waals surface area contributed by atoms with Crippen LogP contribution in [0.5, 0.6) is 17.5 Å². The van der Waals surface area contributed by atoms with Crippen LogP contribution >= 0.6 is 0 Å². The molecule has 0 saturated carbocycles. The molecular formula is C23H28FN3O6S. The summed E-state index contributed by atoms with van der Waals surface area (Å²) in [6.07, 6.45) is 4.00. The molecule has 3 heterocycles. The average Bonchev–Trinajstić information content (AvgIpc) is 3.28. The fourth-order valence-corrected chi connectivity index (χ4v) is 4.98. The summed E-state index contributed by atoms with van der Waals surface area (Å²) in [4.78, 5) is 22.6. The highest BCUT2D eigenvalue weighted by molar-refractivity contribution is 7.90. The first-order valence-corrected chi connectivity index (χ1v) is 12.9. The second kappa shape index (κ2) is 8.68. The lowest BCUT2D eigenvalue weighted by atomic mass is 9.98. The first-order valence-electron chi connectivity index (χ1n) is 11.0. The van der Waals surface area contributed by atoms with Gasteiger partial charge in [-0.05, 0) is 58.7 Å². The minimum absolute atomic E-state index is 0.0465. The van der Waals surface area contributed by atoms with E-state index >= 15 is 0 Å². The SMILES string of the molecule is Cc1c(Oc2ccc(S(C)(=O)=O)cc2F)ncnc1OC1CC2CCC1N2C(=O)OC(C)(C)C. The molecule has 2 aliphatic rings. The van der Waals surface area contributed by atoms with Gasteiger partial charge in [-0.15, -0.1) is 0 Å². The van der Waals surface area contributed by atoms with E-state index in [9.17, 15) is 17.6 Å². The van der Waals surface area contributed by atoms with Gasteiger partial charge in [-0.3, -0.25) is 4.90 Å². The van der Waals surface area contributed by atoms with Gasteiger partial charge in [-0.25, -0.2) is 27.6 Å². The van der Waals surface area contributed by atoms with Crippen LogP contribution in [0.2, 0.25) is 0 Å². The van der Waals surface area contributed by atoms with Gasteiger partial charge in [0.2, 0.25) is 11.8 Å². The Morgan fingerprint density at radius 2 is 1.88 bits per heavy atom. The number of benzene rings is 1. The Morgan fingerprint density at radius 1 is 1.18 bits per heavy atom. The van der Waals surface area contributed by atoms with E-state index in [-0.39, 0.29) is 46.7 Å². The van der Waals surface area contributed by atoms with Gasteiger partial charge < -0.3 is 14.2 Å². The van der Waals surface area contributed by atoms with Crippen LogP contribution in [0, 0.1) is 12.7 Å². The molecule has 3 unspecified atom stereocenters. The van der Waals surface area contributed by atoms with Gasteiger partial charge in [0.15, 0.2) is 21.4 Å². The third kappa shape index (κ3) is 4.94. The van der Waals surface area contributed by atoms with Crippen LogP contribution < -0.4 is 9.47 Å². The molecule has 34 heavy (non-hydrogen) atoms. The molecule has 2 fully saturated rings. The summed E-state index contributed by atoms with van der Waals surface area (Å²) in [6, 6.07) is 3.33. The molecule has 2 aliphatic heterocycles. The molecule has 11 heteroatoms. The maximum Gasteiger partial charge on any atom is 0.410 e. The molecule has 1 amide bonds. The van der Waals surface area contributed by atoms with E-state index in [0.29, 0.717) is 12.0 Å². The Balaban J connectivity index is 1.50. The molecule has 2 bridgehead atoms. The third-order valence-corrected chi connectivity index (χ3v) is 6.99. The van der Waals surface area contributed by atoms with E-state index in [4.69, 9.17) is 14.2 Å². The van der Waals surface area contributed by atoms with Crippen molar-refractivity contribution in [1.29, 1.82) is 0 Å². The van der Waals surface area contributed by atoms with E-state index in [1.54, 1.807) is 11.8 Å². The summed E-state index contributed by atoms with van der Waals surface area (Å²) in [5.41, 5.74) is -0.125. The quantitative estimate of drug-likeness (QED) is 0.614. The van der Waals surface area contributed by atoms with Crippen molar-refractivity contribution in [2.75, 3.05) is 6.26 Å². The van der Waals surface area contributed by atoms with Crippen LogP contribution in [0.3, 0.4) is 0 Å². The minimum atomic E-state index is -3.55. The predicted molar refractivity (Wildman–Crippen MR) is 120 cm³/mol. The molecule has 0 radical (unpaired) electrons. The van der Waals surface area contributed by atoms with Crippen molar-refractivity contribution in [2.24, 2.45) is 0 Å². The van der Waals surface area contributed by atoms with Crippen LogP contribution in [-0.4, -0.2) is 59.4 Å². The van der Waals surface area contributed by atoms with Gasteiger partial charge in [0.1, 0.15) is 18.0 Å². The maximum atomic E-state index is 14.5. The molecule has 3 atom stereocenters. The van der Waals surface area contributed by atoms with E-state index in [2.05, 4.69) is 9.97 Å². The zero-order valence-electron chi connectivity index (χ0n) is 19.7. The molecule has 4 rings (SSSR count). The molecule has 1 aromatic heterocycles. The Labute approximate surface area is 198 Å². The molecule has 1 aromatic carbocycles. The first kappa shape index (κ1) is 24.2. The highest BCUT2D eigenvalue weighted by Crippen LogP contribution is 2.41. The van der Waals surface area contributed by atoms with Crippen LogP contribution in [0.1, 0.15) is 45.6 Å². The number of carbonyl (C=O) groups excluding carboxylic acids is 1.